The fourth-order valence-electron chi connectivity index (χ4n) is 4.74. The molecule has 174 valence electrons. The fraction of sp³-hybridized carbons (Fsp3) is 0.500. The van der Waals surface area contributed by atoms with Crippen molar-refractivity contribution in [2.45, 2.75) is 33.2 Å². The number of benzene rings is 2. The average Bonchev–Trinajstić information content (AvgIpc) is 3.12. The molecule has 4 nitrogen and oxygen atoms in total. The number of methoxy groups -OCH3 is 1. The number of halogens is 2. The van der Waals surface area contributed by atoms with E-state index in [9.17, 15) is 13.6 Å². The Morgan fingerprint density at radius 3 is 2.56 bits per heavy atom. The van der Waals surface area contributed by atoms with E-state index in [2.05, 4.69) is 43.9 Å². The van der Waals surface area contributed by atoms with Crippen LogP contribution in [0.5, 0.6) is 0 Å². The lowest BCUT2D eigenvalue weighted by Gasteiger charge is -2.30. The summed E-state index contributed by atoms with van der Waals surface area (Å²) in [6.45, 7) is 9.88. The maximum Gasteiger partial charge on any atom is 0.248 e. The molecular formula is C26H34F2N2O2. The van der Waals surface area contributed by atoms with Gasteiger partial charge in [-0.1, -0.05) is 44.2 Å². The van der Waals surface area contributed by atoms with E-state index < -0.39 is 11.6 Å². The molecule has 1 heterocycles. The first-order chi connectivity index (χ1) is 15.3. The summed E-state index contributed by atoms with van der Waals surface area (Å²) in [7, 11) is 1.54. The summed E-state index contributed by atoms with van der Waals surface area (Å²) in [5, 5.41) is 0. The molecule has 0 aromatic heterocycles. The van der Waals surface area contributed by atoms with Crippen LogP contribution in [0.1, 0.15) is 36.5 Å². The second-order valence-corrected chi connectivity index (χ2v) is 9.29. The molecule has 0 radical (unpaired) electrons. The maximum absolute atomic E-state index is 13.7. The van der Waals surface area contributed by atoms with Crippen LogP contribution in [0, 0.1) is 30.4 Å². The average molecular weight is 445 g/mol. The summed E-state index contributed by atoms with van der Waals surface area (Å²) in [6, 6.07) is 12.5. The van der Waals surface area contributed by atoms with Crippen molar-refractivity contribution in [2.75, 3.05) is 39.9 Å². The second-order valence-electron chi connectivity index (χ2n) is 9.29. The molecule has 0 aliphatic carbocycles. The van der Waals surface area contributed by atoms with Crippen LogP contribution in [0.15, 0.2) is 42.5 Å². The van der Waals surface area contributed by atoms with E-state index in [0.29, 0.717) is 25.6 Å². The number of ether oxygens (including phenoxy) is 1. The van der Waals surface area contributed by atoms with E-state index in [1.54, 1.807) is 13.2 Å². The van der Waals surface area contributed by atoms with Crippen LogP contribution in [0.25, 0.3) is 0 Å². The summed E-state index contributed by atoms with van der Waals surface area (Å²) in [4.78, 5) is 16.9. The van der Waals surface area contributed by atoms with Crippen molar-refractivity contribution >= 4 is 5.91 Å². The van der Waals surface area contributed by atoms with Gasteiger partial charge >= 0.3 is 0 Å². The van der Waals surface area contributed by atoms with E-state index in [4.69, 9.17) is 4.74 Å². The number of likely N-dealkylation sites (tertiary alicyclic amines) is 1. The van der Waals surface area contributed by atoms with Crippen LogP contribution in [0.3, 0.4) is 0 Å². The summed E-state index contributed by atoms with van der Waals surface area (Å²) in [6.07, 6.45) is 0. The van der Waals surface area contributed by atoms with E-state index >= 15 is 0 Å². The standard InChI is InChI=1S/C26H34F2N2O2/c1-18(2)12-30(26(31)17-32-4)15-21-14-29(13-20-9-10-24(27)25(28)11-20)16-23(21)22-8-6-5-7-19(22)3/h5-11,18,21,23H,12-17H2,1-4H3. The molecule has 2 aromatic carbocycles. The number of hydrogen-bond donors (Lipinski definition) is 0. The Hall–Kier alpha value is -2.31. The van der Waals surface area contributed by atoms with Crippen molar-refractivity contribution in [1.82, 2.24) is 9.80 Å². The highest BCUT2D eigenvalue weighted by atomic mass is 19.2. The van der Waals surface area contributed by atoms with Gasteiger partial charge in [0.1, 0.15) is 6.61 Å². The highest BCUT2D eigenvalue weighted by Crippen LogP contribution is 2.36. The number of carbonyl (C=O) groups excluding carboxylic acids is 1. The van der Waals surface area contributed by atoms with Crippen LogP contribution in [0.4, 0.5) is 8.78 Å². The van der Waals surface area contributed by atoms with Gasteiger partial charge in [0.25, 0.3) is 0 Å². The van der Waals surface area contributed by atoms with Crippen molar-refractivity contribution in [1.29, 1.82) is 0 Å². The van der Waals surface area contributed by atoms with Gasteiger partial charge in [-0.2, -0.15) is 0 Å². The predicted octanol–water partition coefficient (Wildman–Crippen LogP) is 4.62. The van der Waals surface area contributed by atoms with Crippen molar-refractivity contribution < 1.29 is 18.3 Å². The molecule has 2 aromatic rings. The molecule has 32 heavy (non-hydrogen) atoms. The molecule has 1 fully saturated rings. The molecule has 0 N–H and O–H groups in total. The molecule has 3 rings (SSSR count). The minimum absolute atomic E-state index is 0.00351. The number of carbonyl (C=O) groups is 1. The number of aryl methyl sites for hydroxylation is 1. The molecule has 6 heteroatoms. The Labute approximate surface area is 190 Å². The number of rotatable bonds is 9. The van der Waals surface area contributed by atoms with Crippen LogP contribution in [-0.2, 0) is 16.1 Å². The van der Waals surface area contributed by atoms with Gasteiger partial charge in [0.2, 0.25) is 5.91 Å². The SMILES string of the molecule is COCC(=O)N(CC(C)C)CC1CN(Cc2ccc(F)c(F)c2)CC1c1ccccc1C. The van der Waals surface area contributed by atoms with E-state index in [1.165, 1.54) is 23.3 Å². The smallest absolute Gasteiger partial charge is 0.248 e. The predicted molar refractivity (Wildman–Crippen MR) is 122 cm³/mol. The van der Waals surface area contributed by atoms with Crippen LogP contribution >= 0.6 is 0 Å². The van der Waals surface area contributed by atoms with Gasteiger partial charge in [0.05, 0.1) is 0 Å². The zero-order chi connectivity index (χ0) is 23.3. The fourth-order valence-corrected chi connectivity index (χ4v) is 4.74. The molecule has 1 aliphatic rings. The van der Waals surface area contributed by atoms with E-state index in [0.717, 1.165) is 18.7 Å². The van der Waals surface area contributed by atoms with Crippen LogP contribution in [-0.4, -0.2) is 55.6 Å². The Morgan fingerprint density at radius 1 is 1.16 bits per heavy atom. The van der Waals surface area contributed by atoms with Gasteiger partial charge in [0.15, 0.2) is 11.6 Å². The molecule has 1 aliphatic heterocycles. The van der Waals surface area contributed by atoms with Crippen molar-refractivity contribution in [3.8, 4) is 0 Å². The minimum Gasteiger partial charge on any atom is -0.375 e. The normalized spacial score (nSPS) is 19.0. The van der Waals surface area contributed by atoms with Gasteiger partial charge in [0, 0.05) is 45.8 Å². The summed E-state index contributed by atoms with van der Waals surface area (Å²) in [5.74, 6) is -0.794. The first-order valence-corrected chi connectivity index (χ1v) is 11.3. The van der Waals surface area contributed by atoms with Gasteiger partial charge in [-0.05, 0) is 47.6 Å². The van der Waals surface area contributed by atoms with E-state index in [1.807, 2.05) is 11.0 Å². The summed E-state index contributed by atoms with van der Waals surface area (Å²) >= 11 is 0. The molecule has 2 atom stereocenters. The quantitative estimate of drug-likeness (QED) is 0.566. The number of nitrogens with zero attached hydrogens (tertiary/aromatic N) is 2. The summed E-state index contributed by atoms with van der Waals surface area (Å²) in [5.41, 5.74) is 3.27. The molecule has 1 amide bonds. The largest absolute Gasteiger partial charge is 0.375 e. The van der Waals surface area contributed by atoms with Crippen molar-refractivity contribution in [3.05, 3.63) is 70.8 Å². The Kier molecular flexibility index (Phi) is 8.38. The lowest BCUT2D eigenvalue weighted by Crippen LogP contribution is -2.41. The van der Waals surface area contributed by atoms with Crippen molar-refractivity contribution in [3.63, 3.8) is 0 Å². The van der Waals surface area contributed by atoms with E-state index in [-0.39, 0.29) is 24.3 Å². The molecule has 0 spiro atoms. The van der Waals surface area contributed by atoms with Crippen LogP contribution in [0.2, 0.25) is 0 Å². The Balaban J connectivity index is 1.83. The Bertz CT molecular complexity index is 918. The topological polar surface area (TPSA) is 32.8 Å². The first-order valence-electron chi connectivity index (χ1n) is 11.3. The molecule has 1 saturated heterocycles. The zero-order valence-electron chi connectivity index (χ0n) is 19.5. The number of hydrogen-bond acceptors (Lipinski definition) is 3. The third-order valence-corrected chi connectivity index (χ3v) is 6.16. The second kappa shape index (κ2) is 11.0. The van der Waals surface area contributed by atoms with Gasteiger partial charge in [-0.3, -0.25) is 9.69 Å². The molecule has 0 saturated carbocycles. The molecule has 2 unspecified atom stereocenters. The van der Waals surface area contributed by atoms with Gasteiger partial charge in [-0.15, -0.1) is 0 Å². The Morgan fingerprint density at radius 2 is 1.91 bits per heavy atom. The van der Waals surface area contributed by atoms with Crippen molar-refractivity contribution in [2.24, 2.45) is 11.8 Å². The third kappa shape index (κ3) is 6.14. The van der Waals surface area contributed by atoms with Gasteiger partial charge in [-0.25, -0.2) is 8.78 Å². The first kappa shape index (κ1) is 24.3. The monoisotopic (exact) mass is 444 g/mol. The third-order valence-electron chi connectivity index (χ3n) is 6.16. The lowest BCUT2D eigenvalue weighted by atomic mass is 9.86. The number of amides is 1. The van der Waals surface area contributed by atoms with Gasteiger partial charge < -0.3 is 9.64 Å². The highest BCUT2D eigenvalue weighted by Gasteiger charge is 2.36. The summed E-state index contributed by atoms with van der Waals surface area (Å²) < 4.78 is 32.2. The maximum atomic E-state index is 13.7. The molecular weight excluding hydrogens is 410 g/mol. The molecule has 0 bridgehead atoms. The zero-order valence-corrected chi connectivity index (χ0v) is 19.5. The lowest BCUT2D eigenvalue weighted by molar-refractivity contribution is -0.136. The highest BCUT2D eigenvalue weighted by molar-refractivity contribution is 5.77. The minimum atomic E-state index is -0.827. The van der Waals surface area contributed by atoms with Crippen LogP contribution < -0.4 is 0 Å².